The largest absolute Gasteiger partial charge is 0.157 e. The van der Waals surface area contributed by atoms with Crippen LogP contribution in [0.1, 0.15) is 18.9 Å². The van der Waals surface area contributed by atoms with Gasteiger partial charge >= 0.3 is 0 Å². The molecule has 0 unspecified atom stereocenters. The lowest BCUT2D eigenvalue weighted by Crippen LogP contribution is -1.80. The van der Waals surface area contributed by atoms with Gasteiger partial charge in [0.05, 0.1) is 0 Å². The maximum absolute atomic E-state index is 3.21. The van der Waals surface area contributed by atoms with Crippen molar-refractivity contribution in [1.29, 1.82) is 0 Å². The van der Waals surface area contributed by atoms with Gasteiger partial charge in [-0.05, 0) is 23.8 Å². The molecule has 0 bridgehead atoms. The van der Waals surface area contributed by atoms with E-state index in [1.165, 1.54) is 17.7 Å². The van der Waals surface area contributed by atoms with Crippen molar-refractivity contribution in [3.63, 3.8) is 0 Å². The van der Waals surface area contributed by atoms with Gasteiger partial charge in [0.1, 0.15) is 0 Å². The van der Waals surface area contributed by atoms with E-state index in [4.69, 9.17) is 0 Å². The first-order valence-corrected chi connectivity index (χ1v) is 5.12. The third-order valence-corrected chi connectivity index (χ3v) is 2.59. The second-order valence-corrected chi connectivity index (χ2v) is 3.55. The van der Waals surface area contributed by atoms with Crippen LogP contribution in [0.15, 0.2) is 24.3 Å². The highest BCUT2D eigenvalue weighted by Gasteiger charge is 1.89. The molecule has 0 saturated heterocycles. The molecule has 11 heavy (non-hydrogen) atoms. The topological polar surface area (TPSA) is 0 Å². The summed E-state index contributed by atoms with van der Waals surface area (Å²) >= 11 is 1.98. The number of rotatable bonds is 4. The van der Waals surface area contributed by atoms with E-state index in [2.05, 4.69) is 25.1 Å². The van der Waals surface area contributed by atoms with E-state index in [1.54, 1.807) is 0 Å². The lowest BCUT2D eigenvalue weighted by molar-refractivity contribution is 1.10. The van der Waals surface area contributed by atoms with Gasteiger partial charge in [0.2, 0.25) is 0 Å². The van der Waals surface area contributed by atoms with Gasteiger partial charge in [-0.25, -0.2) is 0 Å². The molecule has 0 fully saturated rings. The summed E-state index contributed by atoms with van der Waals surface area (Å²) in [7, 11) is 0. The average molecular weight is 165 g/mol. The second-order valence-electron chi connectivity index (χ2n) is 2.44. The molecule has 59 valence electrons. The number of benzene rings is 1. The fourth-order valence-electron chi connectivity index (χ4n) is 0.847. The zero-order chi connectivity index (χ0) is 7.94. The van der Waals surface area contributed by atoms with Crippen LogP contribution < -0.4 is 0 Å². The molecule has 0 aromatic heterocycles. The lowest BCUT2D eigenvalue weighted by Gasteiger charge is -1.97. The highest BCUT2D eigenvalue weighted by Crippen LogP contribution is 2.11. The quantitative estimate of drug-likeness (QED) is 0.618. The van der Waals surface area contributed by atoms with Gasteiger partial charge in [0.15, 0.2) is 0 Å². The zero-order valence-corrected chi connectivity index (χ0v) is 7.66. The molecule has 1 radical (unpaired) electrons. The summed E-state index contributed by atoms with van der Waals surface area (Å²) in [4.78, 5) is 0. The molecule has 0 heterocycles. The number of thioether (sulfide) groups is 1. The maximum Gasteiger partial charge on any atom is 0.0190 e. The minimum atomic E-state index is 1.11. The van der Waals surface area contributed by atoms with Crippen molar-refractivity contribution in [3.05, 3.63) is 35.9 Å². The van der Waals surface area contributed by atoms with Crippen molar-refractivity contribution in [2.45, 2.75) is 19.1 Å². The molecule has 1 aromatic rings. The SMILES string of the molecule is CCCSCc1[c]cccc1. The molecule has 0 aliphatic carbocycles. The second kappa shape index (κ2) is 5.25. The minimum absolute atomic E-state index is 1.11. The van der Waals surface area contributed by atoms with Crippen molar-refractivity contribution < 1.29 is 0 Å². The van der Waals surface area contributed by atoms with Gasteiger partial charge < -0.3 is 0 Å². The molecule has 1 aromatic carbocycles. The minimum Gasteiger partial charge on any atom is -0.157 e. The van der Waals surface area contributed by atoms with E-state index in [0.717, 1.165) is 5.75 Å². The van der Waals surface area contributed by atoms with E-state index in [9.17, 15) is 0 Å². The Hall–Kier alpha value is -0.430. The van der Waals surface area contributed by atoms with Gasteiger partial charge in [-0.2, -0.15) is 11.8 Å². The van der Waals surface area contributed by atoms with E-state index >= 15 is 0 Å². The third kappa shape index (κ3) is 3.47. The molecular formula is C10H13S. The van der Waals surface area contributed by atoms with Crippen LogP contribution in [-0.2, 0) is 5.75 Å². The fourth-order valence-corrected chi connectivity index (χ4v) is 1.68. The molecule has 0 saturated carbocycles. The standard InChI is InChI=1S/C10H13S/c1-2-8-11-9-10-6-4-3-5-7-10/h3-6H,2,8-9H2,1H3. The normalized spacial score (nSPS) is 9.91. The first-order valence-electron chi connectivity index (χ1n) is 3.97. The molecule has 0 spiro atoms. The van der Waals surface area contributed by atoms with E-state index in [0.29, 0.717) is 0 Å². The Labute approximate surface area is 73.0 Å². The maximum atomic E-state index is 3.21. The van der Waals surface area contributed by atoms with Crippen LogP contribution in [0.2, 0.25) is 0 Å². The molecule has 0 nitrogen and oxygen atoms in total. The first-order chi connectivity index (χ1) is 5.43. The van der Waals surface area contributed by atoms with Gasteiger partial charge in [-0.1, -0.05) is 31.2 Å². The smallest absolute Gasteiger partial charge is 0.0190 e. The van der Waals surface area contributed by atoms with Crippen LogP contribution in [0, 0.1) is 6.07 Å². The van der Waals surface area contributed by atoms with Crippen molar-refractivity contribution in [2.75, 3.05) is 5.75 Å². The Bertz CT molecular complexity index is 181. The predicted octanol–water partition coefficient (Wildman–Crippen LogP) is 3.13. The third-order valence-electron chi connectivity index (χ3n) is 1.38. The van der Waals surface area contributed by atoms with E-state index in [-0.39, 0.29) is 0 Å². The van der Waals surface area contributed by atoms with E-state index in [1.807, 2.05) is 23.9 Å². The van der Waals surface area contributed by atoms with Crippen LogP contribution >= 0.6 is 11.8 Å². The van der Waals surface area contributed by atoms with Crippen molar-refractivity contribution in [1.82, 2.24) is 0 Å². The van der Waals surface area contributed by atoms with Crippen LogP contribution in [0.4, 0.5) is 0 Å². The Morgan fingerprint density at radius 2 is 2.36 bits per heavy atom. The van der Waals surface area contributed by atoms with Gasteiger partial charge in [-0.15, -0.1) is 0 Å². The molecule has 0 aliphatic rings. The summed E-state index contributed by atoms with van der Waals surface area (Å²) in [6.45, 7) is 2.21. The van der Waals surface area contributed by atoms with Crippen LogP contribution in [0.5, 0.6) is 0 Å². The Balaban J connectivity index is 2.28. The zero-order valence-electron chi connectivity index (χ0n) is 6.84. The Morgan fingerprint density at radius 1 is 1.45 bits per heavy atom. The summed E-state index contributed by atoms with van der Waals surface area (Å²) in [5.41, 5.74) is 1.31. The van der Waals surface area contributed by atoms with E-state index < -0.39 is 0 Å². The average Bonchev–Trinajstić information content (AvgIpc) is 2.07. The number of hydrogen-bond acceptors (Lipinski definition) is 1. The summed E-state index contributed by atoms with van der Waals surface area (Å²) in [5, 5.41) is 0. The molecule has 0 amide bonds. The summed E-state index contributed by atoms with van der Waals surface area (Å²) in [5.74, 6) is 2.36. The highest BCUT2D eigenvalue weighted by molar-refractivity contribution is 7.98. The van der Waals surface area contributed by atoms with Crippen LogP contribution in [-0.4, -0.2) is 5.75 Å². The van der Waals surface area contributed by atoms with Crippen LogP contribution in [0.3, 0.4) is 0 Å². The summed E-state index contributed by atoms with van der Waals surface area (Å²) < 4.78 is 0. The van der Waals surface area contributed by atoms with Gasteiger partial charge in [-0.3, -0.25) is 0 Å². The van der Waals surface area contributed by atoms with Crippen molar-refractivity contribution in [3.8, 4) is 0 Å². The Kier molecular flexibility index (Phi) is 4.14. The molecule has 1 heteroatoms. The highest BCUT2D eigenvalue weighted by atomic mass is 32.2. The number of hydrogen-bond donors (Lipinski definition) is 0. The predicted molar refractivity (Wildman–Crippen MR) is 51.7 cm³/mol. The summed E-state index contributed by atoms with van der Waals surface area (Å²) in [6, 6.07) is 11.4. The van der Waals surface area contributed by atoms with Crippen molar-refractivity contribution in [2.24, 2.45) is 0 Å². The van der Waals surface area contributed by atoms with Gasteiger partial charge in [0, 0.05) is 5.75 Å². The van der Waals surface area contributed by atoms with Crippen molar-refractivity contribution >= 4 is 11.8 Å². The summed E-state index contributed by atoms with van der Waals surface area (Å²) in [6.07, 6.45) is 1.26. The fraction of sp³-hybridized carbons (Fsp3) is 0.400. The monoisotopic (exact) mass is 165 g/mol. The molecular weight excluding hydrogens is 152 g/mol. The molecule has 0 aliphatic heterocycles. The lowest BCUT2D eigenvalue weighted by atomic mass is 10.2. The van der Waals surface area contributed by atoms with Crippen LogP contribution in [0.25, 0.3) is 0 Å². The molecule has 0 atom stereocenters. The van der Waals surface area contributed by atoms with Gasteiger partial charge in [0.25, 0.3) is 0 Å². The Morgan fingerprint density at radius 3 is 3.00 bits per heavy atom. The molecule has 1 rings (SSSR count). The molecule has 0 N–H and O–H groups in total. The first kappa shape index (κ1) is 8.66.